The second kappa shape index (κ2) is 7.30. The molecule has 0 amide bonds. The minimum Gasteiger partial charge on any atom is -0.309 e. The van der Waals surface area contributed by atoms with Crippen LogP contribution in [0.15, 0.2) is 127 Å². The topological polar surface area (TPSA) is 4.93 Å². The molecule has 5 aromatic carbocycles. The lowest BCUT2D eigenvalue weighted by Gasteiger charge is -2.11. The number of aromatic nitrogens is 1. The van der Waals surface area contributed by atoms with E-state index in [4.69, 9.17) is 0 Å². The Bertz CT molecular complexity index is 1510. The molecular formula is C30H21N. The van der Waals surface area contributed by atoms with Gasteiger partial charge in [-0.3, -0.25) is 0 Å². The molecule has 0 atom stereocenters. The van der Waals surface area contributed by atoms with Crippen molar-refractivity contribution >= 4 is 21.8 Å². The standard InChI is InChI=1S/C30H21N/c1-3-10-22(11-4-1)24-14-9-15-26(20-24)31-29-17-8-7-16-27(29)28-19-18-25(21-30(28)31)23-12-5-2-6-13-23/h1-21H. The predicted octanol–water partition coefficient (Wildman–Crippen LogP) is 8.12. The molecule has 1 aromatic heterocycles. The van der Waals surface area contributed by atoms with Gasteiger partial charge in [-0.1, -0.05) is 103 Å². The van der Waals surface area contributed by atoms with Crippen molar-refractivity contribution in [3.63, 3.8) is 0 Å². The van der Waals surface area contributed by atoms with Gasteiger partial charge in [0, 0.05) is 16.5 Å². The van der Waals surface area contributed by atoms with Crippen molar-refractivity contribution in [2.24, 2.45) is 0 Å². The van der Waals surface area contributed by atoms with Gasteiger partial charge in [-0.25, -0.2) is 0 Å². The highest BCUT2D eigenvalue weighted by Gasteiger charge is 2.13. The van der Waals surface area contributed by atoms with Gasteiger partial charge in [-0.15, -0.1) is 0 Å². The fraction of sp³-hybridized carbons (Fsp3) is 0. The summed E-state index contributed by atoms with van der Waals surface area (Å²) < 4.78 is 2.39. The van der Waals surface area contributed by atoms with E-state index >= 15 is 0 Å². The molecule has 0 fully saturated rings. The summed E-state index contributed by atoms with van der Waals surface area (Å²) in [6.07, 6.45) is 0. The lowest BCUT2D eigenvalue weighted by Crippen LogP contribution is -1.94. The van der Waals surface area contributed by atoms with Gasteiger partial charge < -0.3 is 4.57 Å². The second-order valence-corrected chi connectivity index (χ2v) is 7.87. The number of hydrogen-bond donors (Lipinski definition) is 0. The zero-order chi connectivity index (χ0) is 20.6. The van der Waals surface area contributed by atoms with Crippen LogP contribution in [0.5, 0.6) is 0 Å². The van der Waals surface area contributed by atoms with Crippen LogP contribution >= 0.6 is 0 Å². The summed E-state index contributed by atoms with van der Waals surface area (Å²) in [6, 6.07) is 45.5. The Morgan fingerprint density at radius 3 is 1.68 bits per heavy atom. The number of rotatable bonds is 3. The smallest absolute Gasteiger partial charge is 0.0547 e. The number of para-hydroxylation sites is 1. The van der Waals surface area contributed by atoms with Gasteiger partial charge in [-0.05, 0) is 46.5 Å². The van der Waals surface area contributed by atoms with Crippen LogP contribution in [0.3, 0.4) is 0 Å². The monoisotopic (exact) mass is 395 g/mol. The molecule has 1 heterocycles. The summed E-state index contributed by atoms with van der Waals surface area (Å²) in [6.45, 7) is 0. The van der Waals surface area contributed by atoms with Crippen LogP contribution < -0.4 is 0 Å². The fourth-order valence-electron chi connectivity index (χ4n) is 4.51. The van der Waals surface area contributed by atoms with Gasteiger partial charge in [0.15, 0.2) is 0 Å². The van der Waals surface area contributed by atoms with Crippen LogP contribution in [0, 0.1) is 0 Å². The van der Waals surface area contributed by atoms with Crippen LogP contribution in [-0.4, -0.2) is 4.57 Å². The number of nitrogens with zero attached hydrogens (tertiary/aromatic N) is 1. The largest absolute Gasteiger partial charge is 0.309 e. The van der Waals surface area contributed by atoms with E-state index < -0.39 is 0 Å². The zero-order valence-electron chi connectivity index (χ0n) is 17.1. The highest BCUT2D eigenvalue weighted by molar-refractivity contribution is 6.10. The van der Waals surface area contributed by atoms with Gasteiger partial charge in [0.2, 0.25) is 0 Å². The van der Waals surface area contributed by atoms with Gasteiger partial charge in [0.1, 0.15) is 0 Å². The normalized spacial score (nSPS) is 11.2. The van der Waals surface area contributed by atoms with Crippen LogP contribution in [0.25, 0.3) is 49.7 Å². The quantitative estimate of drug-likeness (QED) is 0.285. The molecule has 0 unspecified atom stereocenters. The van der Waals surface area contributed by atoms with Crippen molar-refractivity contribution < 1.29 is 0 Å². The molecule has 0 spiro atoms. The Morgan fingerprint density at radius 2 is 0.935 bits per heavy atom. The van der Waals surface area contributed by atoms with E-state index in [0.717, 1.165) is 0 Å². The minimum atomic E-state index is 1.18. The molecular weight excluding hydrogens is 374 g/mol. The zero-order valence-corrected chi connectivity index (χ0v) is 17.1. The molecule has 0 aliphatic rings. The first kappa shape index (κ1) is 17.7. The number of fused-ring (bicyclic) bond motifs is 3. The molecule has 6 rings (SSSR count). The Morgan fingerprint density at radius 1 is 0.355 bits per heavy atom. The lowest BCUT2D eigenvalue weighted by molar-refractivity contribution is 1.18. The molecule has 0 bridgehead atoms. The van der Waals surface area contributed by atoms with Gasteiger partial charge in [0.05, 0.1) is 11.0 Å². The van der Waals surface area contributed by atoms with E-state index in [2.05, 4.69) is 132 Å². The average Bonchev–Trinajstić information content (AvgIpc) is 3.19. The van der Waals surface area contributed by atoms with E-state index in [1.165, 1.54) is 49.7 Å². The van der Waals surface area contributed by atoms with Crippen molar-refractivity contribution in [1.29, 1.82) is 0 Å². The van der Waals surface area contributed by atoms with Crippen molar-refractivity contribution in [2.45, 2.75) is 0 Å². The first-order valence-electron chi connectivity index (χ1n) is 10.6. The summed E-state index contributed by atoms with van der Waals surface area (Å²) in [5, 5.41) is 2.56. The minimum absolute atomic E-state index is 1.18. The maximum atomic E-state index is 2.39. The first-order chi connectivity index (χ1) is 15.4. The Balaban J connectivity index is 1.63. The second-order valence-electron chi connectivity index (χ2n) is 7.87. The molecule has 0 radical (unpaired) electrons. The van der Waals surface area contributed by atoms with E-state index in [0.29, 0.717) is 0 Å². The highest BCUT2D eigenvalue weighted by Crippen LogP contribution is 2.35. The molecule has 1 heteroatoms. The number of benzene rings is 5. The summed E-state index contributed by atoms with van der Waals surface area (Å²) in [7, 11) is 0. The van der Waals surface area contributed by atoms with Crippen molar-refractivity contribution in [3.05, 3.63) is 127 Å². The first-order valence-corrected chi connectivity index (χ1v) is 10.6. The van der Waals surface area contributed by atoms with Gasteiger partial charge in [0.25, 0.3) is 0 Å². The van der Waals surface area contributed by atoms with E-state index in [1.807, 2.05) is 0 Å². The average molecular weight is 396 g/mol. The maximum absolute atomic E-state index is 2.39. The predicted molar refractivity (Wildman–Crippen MR) is 132 cm³/mol. The van der Waals surface area contributed by atoms with Crippen LogP contribution in [0.1, 0.15) is 0 Å². The van der Waals surface area contributed by atoms with Crippen molar-refractivity contribution in [3.8, 4) is 27.9 Å². The van der Waals surface area contributed by atoms with Gasteiger partial charge in [-0.2, -0.15) is 0 Å². The van der Waals surface area contributed by atoms with Crippen LogP contribution in [-0.2, 0) is 0 Å². The highest BCUT2D eigenvalue weighted by atomic mass is 15.0. The number of hydrogen-bond acceptors (Lipinski definition) is 0. The van der Waals surface area contributed by atoms with Gasteiger partial charge >= 0.3 is 0 Å². The molecule has 146 valence electrons. The molecule has 0 aliphatic carbocycles. The molecule has 0 saturated carbocycles. The molecule has 0 N–H and O–H groups in total. The molecule has 0 saturated heterocycles. The molecule has 0 aliphatic heterocycles. The van der Waals surface area contributed by atoms with E-state index in [-0.39, 0.29) is 0 Å². The Labute approximate surface area is 181 Å². The maximum Gasteiger partial charge on any atom is 0.0547 e. The summed E-state index contributed by atoms with van der Waals surface area (Å²) >= 11 is 0. The van der Waals surface area contributed by atoms with Crippen LogP contribution in [0.4, 0.5) is 0 Å². The van der Waals surface area contributed by atoms with Crippen molar-refractivity contribution in [1.82, 2.24) is 4.57 Å². The molecule has 1 nitrogen and oxygen atoms in total. The molecule has 31 heavy (non-hydrogen) atoms. The van der Waals surface area contributed by atoms with Crippen molar-refractivity contribution in [2.75, 3.05) is 0 Å². The third-order valence-corrected chi connectivity index (χ3v) is 5.99. The van der Waals surface area contributed by atoms with E-state index in [9.17, 15) is 0 Å². The summed E-state index contributed by atoms with van der Waals surface area (Å²) in [4.78, 5) is 0. The Hall–Kier alpha value is -4.10. The molecule has 6 aromatic rings. The fourth-order valence-corrected chi connectivity index (χ4v) is 4.51. The summed E-state index contributed by atoms with van der Waals surface area (Å²) in [5.41, 5.74) is 8.56. The third-order valence-electron chi connectivity index (χ3n) is 5.99. The lowest BCUT2D eigenvalue weighted by atomic mass is 10.0. The summed E-state index contributed by atoms with van der Waals surface area (Å²) in [5.74, 6) is 0. The van der Waals surface area contributed by atoms with Crippen LogP contribution in [0.2, 0.25) is 0 Å². The SMILES string of the molecule is c1ccc(-c2cccc(-n3c4ccccc4c4ccc(-c5ccccc5)cc43)c2)cc1. The van der Waals surface area contributed by atoms with E-state index in [1.54, 1.807) is 0 Å². The third kappa shape index (κ3) is 3.03. The Kier molecular flexibility index (Phi) is 4.18.